The molecule has 2 aromatic carbocycles. The number of carbonyl (C=O) groups is 1. The number of thiazole rings is 1. The van der Waals surface area contributed by atoms with Crippen LogP contribution >= 0.6 is 11.3 Å². The third-order valence-electron chi connectivity index (χ3n) is 4.99. The summed E-state index contributed by atoms with van der Waals surface area (Å²) in [5, 5.41) is 3.61. The SMILES string of the molecule is CCOc1ccc(NC(=O)N2CCC(Oc3nc4ccc(OC)cc4s3)CC2)cc1. The molecule has 0 saturated carbocycles. The van der Waals surface area contributed by atoms with E-state index >= 15 is 0 Å². The molecule has 0 aliphatic carbocycles. The van der Waals surface area contributed by atoms with E-state index in [1.165, 1.54) is 11.3 Å². The smallest absolute Gasteiger partial charge is 0.321 e. The maximum Gasteiger partial charge on any atom is 0.321 e. The van der Waals surface area contributed by atoms with Gasteiger partial charge in [-0.3, -0.25) is 0 Å². The zero-order valence-corrected chi connectivity index (χ0v) is 17.9. The first-order chi connectivity index (χ1) is 14.6. The average Bonchev–Trinajstić information content (AvgIpc) is 3.17. The number of urea groups is 1. The van der Waals surface area contributed by atoms with Gasteiger partial charge in [0.2, 0.25) is 0 Å². The fraction of sp³-hybridized carbons (Fsp3) is 0.364. The lowest BCUT2D eigenvalue weighted by Gasteiger charge is -2.31. The molecule has 4 rings (SSSR count). The molecular formula is C22H25N3O4S. The normalized spacial score (nSPS) is 14.5. The summed E-state index contributed by atoms with van der Waals surface area (Å²) in [6.45, 7) is 3.85. The second-order valence-electron chi connectivity index (χ2n) is 7.01. The molecule has 1 N–H and O–H groups in total. The highest BCUT2D eigenvalue weighted by molar-refractivity contribution is 7.20. The van der Waals surface area contributed by atoms with Crippen LogP contribution in [0.15, 0.2) is 42.5 Å². The van der Waals surface area contributed by atoms with Crippen LogP contribution in [0.3, 0.4) is 0 Å². The molecule has 1 saturated heterocycles. The number of likely N-dealkylation sites (tertiary alicyclic amines) is 1. The first-order valence-corrected chi connectivity index (χ1v) is 10.9. The van der Waals surface area contributed by atoms with E-state index in [2.05, 4.69) is 10.3 Å². The van der Waals surface area contributed by atoms with Gasteiger partial charge in [0.15, 0.2) is 0 Å². The standard InChI is InChI=1S/C22H25N3O4S/c1-3-28-16-6-4-15(5-7-16)23-21(26)25-12-10-17(11-13-25)29-22-24-19-9-8-18(27-2)14-20(19)30-22/h4-9,14,17H,3,10-13H2,1-2H3,(H,23,26). The molecule has 0 unspecified atom stereocenters. The maximum atomic E-state index is 12.5. The first kappa shape index (κ1) is 20.3. The second-order valence-corrected chi connectivity index (χ2v) is 8.00. The van der Waals surface area contributed by atoms with Gasteiger partial charge in [0.1, 0.15) is 17.6 Å². The number of fused-ring (bicyclic) bond motifs is 1. The van der Waals surface area contributed by atoms with Gasteiger partial charge in [-0.05, 0) is 49.4 Å². The quantitative estimate of drug-likeness (QED) is 0.613. The van der Waals surface area contributed by atoms with Crippen molar-refractivity contribution in [1.29, 1.82) is 0 Å². The van der Waals surface area contributed by atoms with Crippen molar-refractivity contribution in [3.05, 3.63) is 42.5 Å². The summed E-state index contributed by atoms with van der Waals surface area (Å²) >= 11 is 1.52. The number of hydrogen-bond donors (Lipinski definition) is 1. The topological polar surface area (TPSA) is 72.9 Å². The summed E-state index contributed by atoms with van der Waals surface area (Å²) in [5.41, 5.74) is 1.66. The summed E-state index contributed by atoms with van der Waals surface area (Å²) in [5.74, 6) is 1.60. The summed E-state index contributed by atoms with van der Waals surface area (Å²) < 4.78 is 17.8. The molecule has 2 amide bonds. The van der Waals surface area contributed by atoms with Crippen LogP contribution in [0.25, 0.3) is 10.2 Å². The number of nitrogens with zero attached hydrogens (tertiary/aromatic N) is 2. The Hall–Kier alpha value is -3.00. The summed E-state index contributed by atoms with van der Waals surface area (Å²) in [4.78, 5) is 18.9. The van der Waals surface area contributed by atoms with E-state index in [-0.39, 0.29) is 12.1 Å². The third-order valence-corrected chi connectivity index (χ3v) is 5.90. The van der Waals surface area contributed by atoms with Crippen molar-refractivity contribution in [3.8, 4) is 16.7 Å². The molecule has 0 atom stereocenters. The molecule has 1 aliphatic heterocycles. The molecule has 0 radical (unpaired) electrons. The van der Waals surface area contributed by atoms with Gasteiger partial charge in [0.05, 0.1) is 23.9 Å². The summed E-state index contributed by atoms with van der Waals surface area (Å²) in [6, 6.07) is 13.1. The molecule has 2 heterocycles. The Morgan fingerprint density at radius 2 is 1.90 bits per heavy atom. The van der Waals surface area contributed by atoms with Gasteiger partial charge in [-0.15, -0.1) is 0 Å². The van der Waals surface area contributed by atoms with Crippen LogP contribution in [0.2, 0.25) is 0 Å². The molecular weight excluding hydrogens is 402 g/mol. The van der Waals surface area contributed by atoms with E-state index in [1.54, 1.807) is 7.11 Å². The number of benzene rings is 2. The van der Waals surface area contributed by atoms with Crippen molar-refractivity contribution in [2.24, 2.45) is 0 Å². The number of ether oxygens (including phenoxy) is 3. The van der Waals surface area contributed by atoms with Gasteiger partial charge >= 0.3 is 6.03 Å². The predicted octanol–water partition coefficient (Wildman–Crippen LogP) is 4.78. The largest absolute Gasteiger partial charge is 0.497 e. The third kappa shape index (κ3) is 4.76. The second kappa shape index (κ2) is 9.21. The Bertz CT molecular complexity index is 997. The predicted molar refractivity (Wildman–Crippen MR) is 118 cm³/mol. The van der Waals surface area contributed by atoms with Crippen LogP contribution in [-0.2, 0) is 0 Å². The average molecular weight is 428 g/mol. The zero-order valence-electron chi connectivity index (χ0n) is 17.1. The number of amides is 2. The minimum absolute atomic E-state index is 0.0574. The van der Waals surface area contributed by atoms with Crippen molar-refractivity contribution >= 4 is 33.3 Å². The lowest BCUT2D eigenvalue weighted by atomic mass is 10.1. The molecule has 0 bridgehead atoms. The molecule has 158 valence electrons. The molecule has 1 fully saturated rings. The van der Waals surface area contributed by atoms with E-state index in [1.807, 2.05) is 54.3 Å². The minimum Gasteiger partial charge on any atom is -0.497 e. The molecule has 1 aromatic heterocycles. The number of rotatable bonds is 6. The molecule has 7 nitrogen and oxygen atoms in total. The van der Waals surface area contributed by atoms with Gasteiger partial charge in [0.25, 0.3) is 5.19 Å². The van der Waals surface area contributed by atoms with Crippen LogP contribution < -0.4 is 19.5 Å². The number of carbonyl (C=O) groups excluding carboxylic acids is 1. The van der Waals surface area contributed by atoms with Crippen LogP contribution in [0.4, 0.5) is 10.5 Å². The van der Waals surface area contributed by atoms with Crippen molar-refractivity contribution < 1.29 is 19.0 Å². The highest BCUT2D eigenvalue weighted by atomic mass is 32.1. The van der Waals surface area contributed by atoms with Crippen molar-refractivity contribution in [2.75, 3.05) is 32.1 Å². The molecule has 8 heteroatoms. The molecule has 0 spiro atoms. The van der Waals surface area contributed by atoms with Gasteiger partial charge < -0.3 is 24.4 Å². The highest BCUT2D eigenvalue weighted by Crippen LogP contribution is 2.32. The van der Waals surface area contributed by atoms with Crippen LogP contribution in [0.5, 0.6) is 16.7 Å². The van der Waals surface area contributed by atoms with Gasteiger partial charge in [-0.1, -0.05) is 11.3 Å². The Morgan fingerprint density at radius 3 is 2.60 bits per heavy atom. The van der Waals surface area contributed by atoms with E-state index < -0.39 is 0 Å². The number of piperidine rings is 1. The Labute approximate surface area is 179 Å². The number of nitrogens with one attached hydrogen (secondary N) is 1. The van der Waals surface area contributed by atoms with E-state index in [4.69, 9.17) is 14.2 Å². The van der Waals surface area contributed by atoms with Crippen LogP contribution in [-0.4, -0.2) is 48.8 Å². The zero-order chi connectivity index (χ0) is 20.9. The lowest BCUT2D eigenvalue weighted by molar-refractivity contribution is 0.115. The fourth-order valence-corrected chi connectivity index (χ4v) is 4.29. The molecule has 1 aliphatic rings. The fourth-order valence-electron chi connectivity index (χ4n) is 3.38. The number of aromatic nitrogens is 1. The number of hydrogen-bond acceptors (Lipinski definition) is 6. The van der Waals surface area contributed by atoms with Crippen LogP contribution in [0, 0.1) is 0 Å². The lowest BCUT2D eigenvalue weighted by Crippen LogP contribution is -2.43. The maximum absolute atomic E-state index is 12.5. The van der Waals surface area contributed by atoms with Gasteiger partial charge in [-0.25, -0.2) is 9.78 Å². The summed E-state index contributed by atoms with van der Waals surface area (Å²) in [6.07, 6.45) is 1.60. The van der Waals surface area contributed by atoms with E-state index in [0.29, 0.717) is 24.9 Å². The van der Waals surface area contributed by atoms with Crippen molar-refractivity contribution in [3.63, 3.8) is 0 Å². The Balaban J connectivity index is 1.28. The first-order valence-electron chi connectivity index (χ1n) is 10.0. The number of anilines is 1. The van der Waals surface area contributed by atoms with Crippen molar-refractivity contribution in [2.45, 2.75) is 25.9 Å². The number of methoxy groups -OCH3 is 1. The van der Waals surface area contributed by atoms with E-state index in [9.17, 15) is 4.79 Å². The molecule has 3 aromatic rings. The van der Waals surface area contributed by atoms with Gasteiger partial charge in [0, 0.05) is 31.6 Å². The Kier molecular flexibility index (Phi) is 6.23. The Morgan fingerprint density at radius 1 is 1.17 bits per heavy atom. The summed E-state index contributed by atoms with van der Waals surface area (Å²) in [7, 11) is 1.65. The highest BCUT2D eigenvalue weighted by Gasteiger charge is 2.25. The monoisotopic (exact) mass is 427 g/mol. The van der Waals surface area contributed by atoms with Gasteiger partial charge in [-0.2, -0.15) is 0 Å². The van der Waals surface area contributed by atoms with E-state index in [0.717, 1.165) is 40.2 Å². The molecule has 30 heavy (non-hydrogen) atoms. The minimum atomic E-state index is -0.0929. The van der Waals surface area contributed by atoms with Crippen molar-refractivity contribution in [1.82, 2.24) is 9.88 Å². The van der Waals surface area contributed by atoms with Crippen LogP contribution in [0.1, 0.15) is 19.8 Å².